The van der Waals surface area contributed by atoms with E-state index in [-0.39, 0.29) is 0 Å². The second kappa shape index (κ2) is 21.7. The van der Waals surface area contributed by atoms with Gasteiger partial charge in [0.1, 0.15) is 0 Å². The van der Waals surface area contributed by atoms with Gasteiger partial charge < -0.3 is 39.9 Å². The first-order valence-corrected chi connectivity index (χ1v) is 8.28. The number of rotatable bonds is 20. The van der Waals surface area contributed by atoms with E-state index in [0.717, 1.165) is 6.42 Å². The maximum Gasteiger partial charge on any atom is 0.0701 e. The average Bonchev–Trinajstić information content (AvgIpc) is 2.57. The minimum absolute atomic E-state index is 0.538. The quantitative estimate of drug-likeness (QED) is 0.283. The summed E-state index contributed by atoms with van der Waals surface area (Å²) in [6, 6.07) is 0. The summed E-state index contributed by atoms with van der Waals surface area (Å²) >= 11 is 0. The van der Waals surface area contributed by atoms with Crippen molar-refractivity contribution in [3.05, 3.63) is 0 Å². The summed E-state index contributed by atoms with van der Waals surface area (Å²) in [5.41, 5.74) is 10.6. The Morgan fingerprint density at radius 2 is 0.652 bits per heavy atom. The molecule has 8 heteroatoms. The smallest absolute Gasteiger partial charge is 0.0701 e. The van der Waals surface area contributed by atoms with Crippen LogP contribution in [0.15, 0.2) is 0 Å². The Morgan fingerprint density at radius 1 is 0.348 bits per heavy atom. The van der Waals surface area contributed by atoms with Crippen molar-refractivity contribution in [1.29, 1.82) is 0 Å². The first-order valence-electron chi connectivity index (χ1n) is 8.28. The number of hydrogen-bond donors (Lipinski definition) is 2. The molecule has 0 heterocycles. The van der Waals surface area contributed by atoms with Crippen molar-refractivity contribution in [3.63, 3.8) is 0 Å². The molecule has 0 spiro atoms. The molecule has 0 aliphatic carbocycles. The first kappa shape index (κ1) is 22.7. The van der Waals surface area contributed by atoms with Gasteiger partial charge in [0.05, 0.1) is 72.7 Å². The van der Waals surface area contributed by atoms with Gasteiger partial charge in [-0.3, -0.25) is 0 Å². The lowest BCUT2D eigenvalue weighted by atomic mass is 10.5. The van der Waals surface area contributed by atoms with Crippen molar-refractivity contribution in [2.45, 2.75) is 6.42 Å². The minimum Gasteiger partial charge on any atom is -0.379 e. The van der Waals surface area contributed by atoms with E-state index in [1.165, 1.54) is 0 Å². The molecule has 0 aliphatic heterocycles. The first-order chi connectivity index (χ1) is 11.4. The van der Waals surface area contributed by atoms with Gasteiger partial charge in [-0.25, -0.2) is 0 Å². The zero-order chi connectivity index (χ0) is 16.8. The van der Waals surface area contributed by atoms with Crippen LogP contribution in [-0.2, 0) is 28.4 Å². The molecule has 0 saturated carbocycles. The molecule has 0 aromatic heterocycles. The third-order valence-electron chi connectivity index (χ3n) is 2.62. The highest BCUT2D eigenvalue weighted by Crippen LogP contribution is 1.85. The van der Waals surface area contributed by atoms with Crippen LogP contribution in [0.3, 0.4) is 0 Å². The van der Waals surface area contributed by atoms with Gasteiger partial charge in [0.2, 0.25) is 0 Å². The highest BCUT2D eigenvalue weighted by Gasteiger charge is 1.93. The van der Waals surface area contributed by atoms with Crippen molar-refractivity contribution in [1.82, 2.24) is 0 Å². The van der Waals surface area contributed by atoms with Gasteiger partial charge in [0.25, 0.3) is 0 Å². The zero-order valence-electron chi connectivity index (χ0n) is 14.2. The summed E-state index contributed by atoms with van der Waals surface area (Å²) in [6.07, 6.45) is 0.885. The fourth-order valence-corrected chi connectivity index (χ4v) is 1.47. The van der Waals surface area contributed by atoms with Gasteiger partial charge in [0.15, 0.2) is 0 Å². The van der Waals surface area contributed by atoms with Gasteiger partial charge in [-0.2, -0.15) is 0 Å². The molecule has 0 aromatic carbocycles. The Morgan fingerprint density at radius 3 is 0.957 bits per heavy atom. The summed E-state index contributed by atoms with van der Waals surface area (Å²) in [5, 5.41) is 0. The predicted octanol–water partition coefficient (Wildman–Crippen LogP) is -0.606. The molecule has 0 saturated heterocycles. The molecule has 0 amide bonds. The number of nitrogens with two attached hydrogens (primary N) is 2. The summed E-state index contributed by atoms with van der Waals surface area (Å²) in [7, 11) is 0. The lowest BCUT2D eigenvalue weighted by Crippen LogP contribution is -2.15. The van der Waals surface area contributed by atoms with Gasteiger partial charge >= 0.3 is 0 Å². The topological polar surface area (TPSA) is 107 Å². The van der Waals surface area contributed by atoms with E-state index in [2.05, 4.69) is 0 Å². The van der Waals surface area contributed by atoms with E-state index in [0.29, 0.717) is 92.4 Å². The van der Waals surface area contributed by atoms with Crippen LogP contribution in [0.1, 0.15) is 6.42 Å². The Balaban J connectivity index is 2.92. The van der Waals surface area contributed by atoms with Crippen LogP contribution in [-0.4, -0.2) is 92.4 Å². The molecule has 23 heavy (non-hydrogen) atoms. The molecular formula is C15H34N2O6. The van der Waals surface area contributed by atoms with Gasteiger partial charge in [-0.15, -0.1) is 0 Å². The summed E-state index contributed by atoms with van der Waals surface area (Å²) in [6.45, 7) is 8.10. The lowest BCUT2D eigenvalue weighted by Gasteiger charge is -2.08. The SMILES string of the molecule is NCCCOCCOCCOCCOCCOCCOCCN. The van der Waals surface area contributed by atoms with E-state index in [1.54, 1.807) is 0 Å². The molecule has 4 N–H and O–H groups in total. The van der Waals surface area contributed by atoms with Crippen LogP contribution in [0, 0.1) is 0 Å². The molecule has 0 aliphatic rings. The monoisotopic (exact) mass is 338 g/mol. The van der Waals surface area contributed by atoms with E-state index >= 15 is 0 Å². The van der Waals surface area contributed by atoms with Crippen LogP contribution in [0.2, 0.25) is 0 Å². The zero-order valence-corrected chi connectivity index (χ0v) is 14.2. The van der Waals surface area contributed by atoms with Gasteiger partial charge in [-0.05, 0) is 13.0 Å². The molecule has 0 aromatic rings. The van der Waals surface area contributed by atoms with Crippen LogP contribution >= 0.6 is 0 Å². The summed E-state index contributed by atoms with van der Waals surface area (Å²) < 4.78 is 31.9. The Hall–Kier alpha value is -0.320. The second-order valence-electron chi connectivity index (χ2n) is 4.61. The van der Waals surface area contributed by atoms with Crippen LogP contribution in [0.4, 0.5) is 0 Å². The van der Waals surface area contributed by atoms with Crippen LogP contribution in [0.5, 0.6) is 0 Å². The van der Waals surface area contributed by atoms with E-state index in [4.69, 9.17) is 39.9 Å². The average molecular weight is 338 g/mol. The van der Waals surface area contributed by atoms with Crippen LogP contribution in [0.25, 0.3) is 0 Å². The second-order valence-corrected chi connectivity index (χ2v) is 4.61. The number of hydrogen-bond acceptors (Lipinski definition) is 8. The molecule has 8 nitrogen and oxygen atoms in total. The predicted molar refractivity (Wildman–Crippen MR) is 87.6 cm³/mol. The van der Waals surface area contributed by atoms with E-state index < -0.39 is 0 Å². The fourth-order valence-electron chi connectivity index (χ4n) is 1.47. The molecule has 0 fully saturated rings. The molecule has 140 valence electrons. The Bertz CT molecular complexity index is 192. The minimum atomic E-state index is 0.538. The fraction of sp³-hybridized carbons (Fsp3) is 1.00. The molecule has 0 bridgehead atoms. The van der Waals surface area contributed by atoms with Crippen molar-refractivity contribution in [2.24, 2.45) is 11.5 Å². The van der Waals surface area contributed by atoms with Gasteiger partial charge in [-0.1, -0.05) is 0 Å². The molecule has 0 rings (SSSR count). The third-order valence-corrected chi connectivity index (χ3v) is 2.62. The van der Waals surface area contributed by atoms with E-state index in [1.807, 2.05) is 0 Å². The van der Waals surface area contributed by atoms with Crippen molar-refractivity contribution in [3.8, 4) is 0 Å². The molecule has 0 atom stereocenters. The Kier molecular flexibility index (Phi) is 21.4. The highest BCUT2D eigenvalue weighted by atomic mass is 16.6. The lowest BCUT2D eigenvalue weighted by molar-refractivity contribution is -0.0164. The third kappa shape index (κ3) is 21.7. The van der Waals surface area contributed by atoms with Crippen molar-refractivity contribution >= 4 is 0 Å². The molecule has 0 unspecified atom stereocenters. The van der Waals surface area contributed by atoms with Crippen LogP contribution < -0.4 is 11.5 Å². The molecule has 0 radical (unpaired) electrons. The highest BCUT2D eigenvalue weighted by molar-refractivity contribution is 4.38. The van der Waals surface area contributed by atoms with E-state index in [9.17, 15) is 0 Å². The maximum absolute atomic E-state index is 5.37. The summed E-state index contributed by atoms with van der Waals surface area (Å²) in [5.74, 6) is 0. The molecular weight excluding hydrogens is 304 g/mol. The largest absolute Gasteiger partial charge is 0.379 e. The summed E-state index contributed by atoms with van der Waals surface area (Å²) in [4.78, 5) is 0. The van der Waals surface area contributed by atoms with Crippen molar-refractivity contribution in [2.75, 3.05) is 92.4 Å². The number of ether oxygens (including phenoxy) is 6. The van der Waals surface area contributed by atoms with Crippen molar-refractivity contribution < 1.29 is 28.4 Å². The normalized spacial score (nSPS) is 11.2. The standard InChI is InChI=1S/C15H34N2O6/c16-2-1-4-18-6-8-20-10-12-22-14-15-23-13-11-21-9-7-19-5-3-17/h1-17H2. The Labute approximate surface area is 139 Å². The maximum atomic E-state index is 5.37. The van der Waals surface area contributed by atoms with Gasteiger partial charge in [0, 0.05) is 13.2 Å².